The molecule has 1 N–H and O–H groups in total. The summed E-state index contributed by atoms with van der Waals surface area (Å²) in [5.74, 6) is -0.116. The van der Waals surface area contributed by atoms with Crippen molar-refractivity contribution in [2.75, 3.05) is 6.54 Å². The fourth-order valence-electron chi connectivity index (χ4n) is 2.75. The maximum atomic E-state index is 13.7. The van der Waals surface area contributed by atoms with Gasteiger partial charge in [-0.3, -0.25) is 0 Å². The van der Waals surface area contributed by atoms with Gasteiger partial charge >= 0.3 is 0 Å². The Labute approximate surface area is 108 Å². The Morgan fingerprint density at radius 3 is 2.61 bits per heavy atom. The molecular formula is C15H21F2N. The van der Waals surface area contributed by atoms with Crippen LogP contribution in [0, 0.1) is 23.0 Å². The fourth-order valence-corrected chi connectivity index (χ4v) is 2.75. The lowest BCUT2D eigenvalue weighted by Gasteiger charge is -2.20. The van der Waals surface area contributed by atoms with Crippen LogP contribution < -0.4 is 5.32 Å². The van der Waals surface area contributed by atoms with Crippen molar-refractivity contribution in [3.63, 3.8) is 0 Å². The van der Waals surface area contributed by atoms with Crippen molar-refractivity contribution in [3.05, 3.63) is 35.4 Å². The second-order valence-corrected chi connectivity index (χ2v) is 5.90. The number of rotatable bonds is 5. The Bertz CT molecular complexity index is 429. The van der Waals surface area contributed by atoms with Gasteiger partial charge in [0.2, 0.25) is 0 Å². The monoisotopic (exact) mass is 253 g/mol. The van der Waals surface area contributed by atoms with E-state index in [-0.39, 0.29) is 17.7 Å². The molecule has 0 radical (unpaired) electrons. The Morgan fingerprint density at radius 1 is 1.39 bits per heavy atom. The van der Waals surface area contributed by atoms with Gasteiger partial charge < -0.3 is 5.32 Å². The molecule has 1 aliphatic rings. The van der Waals surface area contributed by atoms with Crippen LogP contribution in [0.15, 0.2) is 18.2 Å². The largest absolute Gasteiger partial charge is 0.314 e. The standard InChI is InChI=1S/C15H21F2N/c1-4-18-14(12-9-15(12,2)3)8-10-7-11(16)5-6-13(10)17/h5-7,12,14,18H,4,8-9H2,1-3H3. The lowest BCUT2D eigenvalue weighted by Crippen LogP contribution is -2.34. The maximum Gasteiger partial charge on any atom is 0.126 e. The van der Waals surface area contributed by atoms with E-state index in [2.05, 4.69) is 19.2 Å². The van der Waals surface area contributed by atoms with E-state index in [0.717, 1.165) is 13.0 Å². The minimum Gasteiger partial charge on any atom is -0.314 e. The van der Waals surface area contributed by atoms with E-state index in [1.807, 2.05) is 6.92 Å². The summed E-state index contributed by atoms with van der Waals surface area (Å²) >= 11 is 0. The number of hydrogen-bond donors (Lipinski definition) is 1. The summed E-state index contributed by atoms with van der Waals surface area (Å²) in [4.78, 5) is 0. The zero-order valence-corrected chi connectivity index (χ0v) is 11.3. The van der Waals surface area contributed by atoms with E-state index in [0.29, 0.717) is 23.3 Å². The molecule has 1 aromatic carbocycles. The first kappa shape index (κ1) is 13.5. The molecule has 1 saturated carbocycles. The van der Waals surface area contributed by atoms with Crippen LogP contribution in [-0.2, 0) is 6.42 Å². The number of halogens is 2. The number of likely N-dealkylation sites (N-methyl/N-ethyl adjacent to an activating group) is 1. The SMILES string of the molecule is CCNC(Cc1cc(F)ccc1F)C1CC1(C)C. The van der Waals surface area contributed by atoms with Crippen LogP contribution in [0.2, 0.25) is 0 Å². The van der Waals surface area contributed by atoms with Gasteiger partial charge in [0.1, 0.15) is 11.6 Å². The molecular weight excluding hydrogens is 232 g/mol. The average Bonchev–Trinajstić information content (AvgIpc) is 2.92. The topological polar surface area (TPSA) is 12.0 Å². The average molecular weight is 253 g/mol. The maximum absolute atomic E-state index is 13.7. The molecule has 0 aliphatic heterocycles. The summed E-state index contributed by atoms with van der Waals surface area (Å²) in [5.41, 5.74) is 0.806. The number of hydrogen-bond acceptors (Lipinski definition) is 1. The van der Waals surface area contributed by atoms with Crippen LogP contribution >= 0.6 is 0 Å². The molecule has 1 aromatic rings. The summed E-state index contributed by atoms with van der Waals surface area (Å²) in [6.07, 6.45) is 1.72. The molecule has 100 valence electrons. The molecule has 3 heteroatoms. The summed E-state index contributed by atoms with van der Waals surface area (Å²) in [6, 6.07) is 3.93. The lowest BCUT2D eigenvalue weighted by atomic mass is 9.97. The van der Waals surface area contributed by atoms with E-state index >= 15 is 0 Å². The summed E-state index contributed by atoms with van der Waals surface area (Å²) in [6.45, 7) is 7.35. The number of benzene rings is 1. The highest BCUT2D eigenvalue weighted by Gasteiger charge is 2.49. The molecule has 1 aliphatic carbocycles. The normalized spacial score (nSPS) is 22.8. The molecule has 0 bridgehead atoms. The Balaban J connectivity index is 2.11. The molecule has 2 rings (SSSR count). The summed E-state index contributed by atoms with van der Waals surface area (Å²) in [7, 11) is 0. The Morgan fingerprint density at radius 2 is 2.06 bits per heavy atom. The van der Waals surface area contributed by atoms with Crippen molar-refractivity contribution >= 4 is 0 Å². The second kappa shape index (κ2) is 4.96. The molecule has 0 heterocycles. The van der Waals surface area contributed by atoms with Gasteiger partial charge in [-0.15, -0.1) is 0 Å². The highest BCUT2D eigenvalue weighted by Crippen LogP contribution is 2.54. The van der Waals surface area contributed by atoms with Crippen molar-refractivity contribution in [1.29, 1.82) is 0 Å². The summed E-state index contributed by atoms with van der Waals surface area (Å²) < 4.78 is 26.8. The Hall–Kier alpha value is -0.960. The Kier molecular flexibility index (Phi) is 3.71. The van der Waals surface area contributed by atoms with Crippen LogP contribution in [0.25, 0.3) is 0 Å². The second-order valence-electron chi connectivity index (χ2n) is 5.90. The van der Waals surface area contributed by atoms with E-state index in [9.17, 15) is 8.78 Å². The fraction of sp³-hybridized carbons (Fsp3) is 0.600. The van der Waals surface area contributed by atoms with Crippen molar-refractivity contribution in [3.8, 4) is 0 Å². The van der Waals surface area contributed by atoms with E-state index < -0.39 is 0 Å². The third-order valence-corrected chi connectivity index (χ3v) is 3.99. The highest BCUT2D eigenvalue weighted by molar-refractivity contribution is 5.21. The zero-order valence-electron chi connectivity index (χ0n) is 11.3. The lowest BCUT2D eigenvalue weighted by molar-refractivity contribution is 0.404. The van der Waals surface area contributed by atoms with E-state index in [4.69, 9.17) is 0 Å². The molecule has 0 saturated heterocycles. The molecule has 0 aromatic heterocycles. The molecule has 1 nitrogen and oxygen atoms in total. The van der Waals surface area contributed by atoms with Crippen LogP contribution in [0.4, 0.5) is 8.78 Å². The minimum absolute atomic E-state index is 0.237. The minimum atomic E-state index is -0.364. The first-order valence-corrected chi connectivity index (χ1v) is 6.61. The van der Waals surface area contributed by atoms with Gasteiger partial charge in [-0.2, -0.15) is 0 Å². The van der Waals surface area contributed by atoms with Crippen LogP contribution in [0.1, 0.15) is 32.8 Å². The predicted octanol–water partition coefficient (Wildman–Crippen LogP) is 3.53. The highest BCUT2D eigenvalue weighted by atomic mass is 19.1. The molecule has 18 heavy (non-hydrogen) atoms. The van der Waals surface area contributed by atoms with Crippen LogP contribution in [-0.4, -0.2) is 12.6 Å². The first-order chi connectivity index (χ1) is 8.44. The predicted molar refractivity (Wildman–Crippen MR) is 69.4 cm³/mol. The smallest absolute Gasteiger partial charge is 0.126 e. The van der Waals surface area contributed by atoms with Gasteiger partial charge in [0.25, 0.3) is 0 Å². The van der Waals surface area contributed by atoms with E-state index in [1.54, 1.807) is 0 Å². The van der Waals surface area contributed by atoms with Gasteiger partial charge in [0, 0.05) is 6.04 Å². The van der Waals surface area contributed by atoms with Gasteiger partial charge in [-0.05, 0) is 54.5 Å². The zero-order chi connectivity index (χ0) is 13.3. The van der Waals surface area contributed by atoms with Crippen molar-refractivity contribution in [2.45, 2.75) is 39.7 Å². The van der Waals surface area contributed by atoms with Gasteiger partial charge in [0.05, 0.1) is 0 Å². The number of nitrogens with one attached hydrogen (secondary N) is 1. The summed E-state index contributed by atoms with van der Waals surface area (Å²) in [5, 5.41) is 3.41. The van der Waals surface area contributed by atoms with Crippen LogP contribution in [0.5, 0.6) is 0 Å². The molecule has 1 fully saturated rings. The van der Waals surface area contributed by atoms with Crippen molar-refractivity contribution in [2.24, 2.45) is 11.3 Å². The third kappa shape index (κ3) is 2.89. The van der Waals surface area contributed by atoms with E-state index in [1.165, 1.54) is 18.2 Å². The first-order valence-electron chi connectivity index (χ1n) is 6.61. The molecule has 2 unspecified atom stereocenters. The molecule has 0 spiro atoms. The van der Waals surface area contributed by atoms with Gasteiger partial charge in [-0.25, -0.2) is 8.78 Å². The van der Waals surface area contributed by atoms with Gasteiger partial charge in [-0.1, -0.05) is 20.8 Å². The molecule has 0 amide bonds. The quantitative estimate of drug-likeness (QED) is 0.846. The van der Waals surface area contributed by atoms with Crippen molar-refractivity contribution in [1.82, 2.24) is 5.32 Å². The third-order valence-electron chi connectivity index (χ3n) is 3.99. The van der Waals surface area contributed by atoms with Gasteiger partial charge in [0.15, 0.2) is 0 Å². The van der Waals surface area contributed by atoms with Crippen LogP contribution in [0.3, 0.4) is 0 Å². The van der Waals surface area contributed by atoms with Crippen molar-refractivity contribution < 1.29 is 8.78 Å². The molecule has 2 atom stereocenters.